The minimum Gasteiger partial charge on any atom is -0.391 e. The molecule has 1 aliphatic rings. The van der Waals surface area contributed by atoms with Gasteiger partial charge >= 0.3 is 0 Å². The summed E-state index contributed by atoms with van der Waals surface area (Å²) in [5.41, 5.74) is 3.48. The van der Waals surface area contributed by atoms with Gasteiger partial charge in [-0.05, 0) is 36.3 Å². The average Bonchev–Trinajstić information content (AvgIpc) is 3.03. The van der Waals surface area contributed by atoms with E-state index in [4.69, 9.17) is 0 Å². The van der Waals surface area contributed by atoms with Crippen molar-refractivity contribution >= 4 is 5.91 Å². The van der Waals surface area contributed by atoms with Gasteiger partial charge in [0.15, 0.2) is 0 Å². The Morgan fingerprint density at radius 1 is 1.22 bits per heavy atom. The Hall–Kier alpha value is -2.27. The van der Waals surface area contributed by atoms with Gasteiger partial charge in [0, 0.05) is 44.0 Å². The van der Waals surface area contributed by atoms with Crippen LogP contribution < -0.4 is 0 Å². The van der Waals surface area contributed by atoms with E-state index in [2.05, 4.69) is 48.1 Å². The highest BCUT2D eigenvalue weighted by atomic mass is 16.3. The highest BCUT2D eigenvalue weighted by Gasteiger charge is 2.33. The van der Waals surface area contributed by atoms with E-state index in [1.807, 2.05) is 0 Å². The third-order valence-corrected chi connectivity index (χ3v) is 5.35. The lowest BCUT2D eigenvalue weighted by molar-refractivity contribution is -0.130. The molecular formula is C22H29N3O2. The monoisotopic (exact) mass is 367 g/mol. The van der Waals surface area contributed by atoms with Gasteiger partial charge in [-0.25, -0.2) is 0 Å². The van der Waals surface area contributed by atoms with Crippen molar-refractivity contribution in [3.63, 3.8) is 0 Å². The second-order valence-electron chi connectivity index (χ2n) is 7.78. The van der Waals surface area contributed by atoms with Gasteiger partial charge in [0.1, 0.15) is 0 Å². The summed E-state index contributed by atoms with van der Waals surface area (Å²) >= 11 is 0. The molecule has 1 aliphatic heterocycles. The van der Waals surface area contributed by atoms with Gasteiger partial charge in [-0.15, -0.1) is 0 Å². The molecule has 0 aliphatic carbocycles. The number of aliphatic hydroxyl groups excluding tert-OH is 1. The molecule has 5 heteroatoms. The summed E-state index contributed by atoms with van der Waals surface area (Å²) in [5, 5.41) is 10.3. The van der Waals surface area contributed by atoms with Crippen molar-refractivity contribution in [1.29, 1.82) is 0 Å². The quantitative estimate of drug-likeness (QED) is 0.817. The molecule has 1 fully saturated rings. The van der Waals surface area contributed by atoms with Crippen molar-refractivity contribution < 1.29 is 9.90 Å². The number of aromatic nitrogens is 2. The number of hydrogen-bond acceptors (Lipinski definition) is 4. The van der Waals surface area contributed by atoms with Crippen LogP contribution in [0.5, 0.6) is 0 Å². The second kappa shape index (κ2) is 9.09. The van der Waals surface area contributed by atoms with Crippen molar-refractivity contribution in [1.82, 2.24) is 14.9 Å². The Bertz CT molecular complexity index is 731. The number of rotatable bonds is 7. The number of hydrogen-bond donors (Lipinski definition) is 1. The van der Waals surface area contributed by atoms with E-state index in [-0.39, 0.29) is 11.8 Å². The van der Waals surface area contributed by atoms with Crippen LogP contribution in [0.25, 0.3) is 0 Å². The Labute approximate surface area is 161 Å². The fourth-order valence-corrected chi connectivity index (χ4v) is 3.63. The van der Waals surface area contributed by atoms with Crippen molar-refractivity contribution in [2.45, 2.75) is 51.6 Å². The number of carbonyl (C=O) groups excluding carboxylic acids is 1. The number of β-amino-alcohol motifs (C(OH)–C–C–N with tert-alkyl or cyclic N) is 1. The normalized spacial score (nSPS) is 19.6. The van der Waals surface area contributed by atoms with E-state index >= 15 is 0 Å². The molecule has 2 heterocycles. The van der Waals surface area contributed by atoms with Gasteiger partial charge in [-0.1, -0.05) is 38.1 Å². The van der Waals surface area contributed by atoms with Crippen LogP contribution in [0.1, 0.15) is 49.4 Å². The van der Waals surface area contributed by atoms with Gasteiger partial charge in [-0.3, -0.25) is 14.8 Å². The lowest BCUT2D eigenvalue weighted by Crippen LogP contribution is -2.29. The van der Waals surface area contributed by atoms with E-state index in [9.17, 15) is 9.90 Å². The summed E-state index contributed by atoms with van der Waals surface area (Å²) in [6.07, 6.45) is 7.46. The third kappa shape index (κ3) is 5.36. The lowest BCUT2D eigenvalue weighted by atomic mass is 10.00. The van der Waals surface area contributed by atoms with Crippen LogP contribution in [0.15, 0.2) is 42.9 Å². The van der Waals surface area contributed by atoms with E-state index in [1.165, 1.54) is 11.1 Å². The number of aliphatic hydroxyl groups is 1. The molecule has 3 rings (SSSR count). The first-order valence-corrected chi connectivity index (χ1v) is 9.82. The molecule has 1 saturated heterocycles. The van der Waals surface area contributed by atoms with Crippen molar-refractivity contribution in [2.24, 2.45) is 5.92 Å². The van der Waals surface area contributed by atoms with Crippen LogP contribution in [0, 0.1) is 5.92 Å². The predicted molar refractivity (Wildman–Crippen MR) is 105 cm³/mol. The van der Waals surface area contributed by atoms with E-state index in [0.717, 1.165) is 18.5 Å². The Balaban J connectivity index is 1.44. The Morgan fingerprint density at radius 3 is 2.67 bits per heavy atom. The first-order chi connectivity index (χ1) is 13.0. The van der Waals surface area contributed by atoms with Crippen LogP contribution in [-0.2, 0) is 17.6 Å². The summed E-state index contributed by atoms with van der Waals surface area (Å²) in [6, 6.07) is 8.68. The molecule has 0 saturated carbocycles. The Morgan fingerprint density at radius 2 is 2.00 bits per heavy atom. The van der Waals surface area contributed by atoms with Crippen LogP contribution >= 0.6 is 0 Å². The molecule has 2 aromatic rings. The first kappa shape index (κ1) is 19.5. The predicted octanol–water partition coefficient (Wildman–Crippen LogP) is 2.98. The maximum absolute atomic E-state index is 12.5. The van der Waals surface area contributed by atoms with Gasteiger partial charge in [0.25, 0.3) is 0 Å². The summed E-state index contributed by atoms with van der Waals surface area (Å²) in [7, 11) is 0. The molecule has 0 spiro atoms. The maximum atomic E-state index is 12.5. The standard InChI is InChI=1S/C22H29N3O2/c1-16(2)18-8-6-17(7-9-18)4-3-5-22(27)25-14-19(21(26)15-25)12-20-13-23-10-11-24-20/h6-11,13,16,19,21,26H,3-5,12,14-15H2,1-2H3/t19-,21-/m1/s1. The van der Waals surface area contributed by atoms with Gasteiger partial charge in [-0.2, -0.15) is 0 Å². The smallest absolute Gasteiger partial charge is 0.222 e. The molecule has 27 heavy (non-hydrogen) atoms. The first-order valence-electron chi connectivity index (χ1n) is 9.82. The van der Waals surface area contributed by atoms with Crippen LogP contribution in [0.3, 0.4) is 0 Å². The zero-order valence-electron chi connectivity index (χ0n) is 16.2. The van der Waals surface area contributed by atoms with Crippen LogP contribution in [0.4, 0.5) is 0 Å². The number of aryl methyl sites for hydroxylation is 1. The Kier molecular flexibility index (Phi) is 6.56. The zero-order valence-corrected chi connectivity index (χ0v) is 16.2. The molecule has 1 N–H and O–H groups in total. The largest absolute Gasteiger partial charge is 0.391 e. The number of carbonyl (C=O) groups is 1. The van der Waals surface area contributed by atoms with Crippen molar-refractivity contribution in [3.8, 4) is 0 Å². The van der Waals surface area contributed by atoms with Crippen molar-refractivity contribution in [2.75, 3.05) is 13.1 Å². The molecule has 0 unspecified atom stereocenters. The number of likely N-dealkylation sites (tertiary alicyclic amines) is 1. The topological polar surface area (TPSA) is 66.3 Å². The molecular weight excluding hydrogens is 338 g/mol. The molecule has 144 valence electrons. The summed E-state index contributed by atoms with van der Waals surface area (Å²) in [5.74, 6) is 0.709. The van der Waals surface area contributed by atoms with Gasteiger partial charge < -0.3 is 10.0 Å². The number of nitrogens with zero attached hydrogens (tertiary/aromatic N) is 3. The highest BCUT2D eigenvalue weighted by molar-refractivity contribution is 5.76. The summed E-state index contributed by atoms with van der Waals surface area (Å²) in [4.78, 5) is 22.6. The SMILES string of the molecule is CC(C)c1ccc(CCCC(=O)N2C[C@@H](Cc3cnccn3)[C@H](O)C2)cc1. The molecule has 2 atom stereocenters. The highest BCUT2D eigenvalue weighted by Crippen LogP contribution is 2.22. The molecule has 1 amide bonds. The summed E-state index contributed by atoms with van der Waals surface area (Å²) in [6.45, 7) is 5.40. The molecule has 1 aromatic heterocycles. The molecule has 1 aromatic carbocycles. The van der Waals surface area contributed by atoms with E-state index in [1.54, 1.807) is 23.5 Å². The van der Waals surface area contributed by atoms with E-state index in [0.29, 0.717) is 31.8 Å². The van der Waals surface area contributed by atoms with Gasteiger partial charge in [0.05, 0.1) is 11.8 Å². The minimum atomic E-state index is -0.487. The molecule has 5 nitrogen and oxygen atoms in total. The van der Waals surface area contributed by atoms with Crippen LogP contribution in [0.2, 0.25) is 0 Å². The molecule has 0 radical (unpaired) electrons. The number of amides is 1. The fourth-order valence-electron chi connectivity index (χ4n) is 3.63. The summed E-state index contributed by atoms with van der Waals surface area (Å²) < 4.78 is 0. The van der Waals surface area contributed by atoms with Crippen molar-refractivity contribution in [3.05, 3.63) is 59.7 Å². The van der Waals surface area contributed by atoms with Gasteiger partial charge in [0.2, 0.25) is 5.91 Å². The molecule has 0 bridgehead atoms. The van der Waals surface area contributed by atoms with E-state index < -0.39 is 6.10 Å². The average molecular weight is 367 g/mol. The van der Waals surface area contributed by atoms with Crippen LogP contribution in [-0.4, -0.2) is 45.1 Å². The maximum Gasteiger partial charge on any atom is 0.222 e. The number of benzene rings is 1. The lowest BCUT2D eigenvalue weighted by Gasteiger charge is -2.16. The fraction of sp³-hybridized carbons (Fsp3) is 0.500. The minimum absolute atomic E-state index is 0.0363. The second-order valence-corrected chi connectivity index (χ2v) is 7.78. The zero-order chi connectivity index (χ0) is 19.2. The third-order valence-electron chi connectivity index (χ3n) is 5.35.